The van der Waals surface area contributed by atoms with Crippen molar-refractivity contribution < 1.29 is 8.42 Å². The monoisotopic (exact) mass is 272 g/mol. The summed E-state index contributed by atoms with van der Waals surface area (Å²) in [6, 6.07) is 12.3. The number of hydrogen-bond acceptors (Lipinski definition) is 3. The van der Waals surface area contributed by atoms with Gasteiger partial charge in [0.1, 0.15) is 0 Å². The molecule has 0 aliphatic carbocycles. The van der Waals surface area contributed by atoms with Crippen molar-refractivity contribution in [2.45, 2.75) is 11.8 Å². The minimum absolute atomic E-state index is 0.304. The van der Waals surface area contributed by atoms with Crippen molar-refractivity contribution in [3.05, 3.63) is 60.4 Å². The fourth-order valence-corrected chi connectivity index (χ4v) is 3.63. The summed E-state index contributed by atoms with van der Waals surface area (Å²) in [6.07, 6.45) is 3.13. The summed E-state index contributed by atoms with van der Waals surface area (Å²) in [6.45, 7) is 1.78. The molecule has 2 heterocycles. The zero-order valence-electron chi connectivity index (χ0n) is 10.3. The lowest BCUT2D eigenvalue weighted by molar-refractivity contribution is 0.588. The largest absolute Gasteiger partial charge is 0.269 e. The summed E-state index contributed by atoms with van der Waals surface area (Å²) in [5.41, 5.74) is 1.17. The molecule has 5 heteroatoms. The zero-order valence-corrected chi connectivity index (χ0v) is 11.1. The molecule has 0 aliphatic rings. The van der Waals surface area contributed by atoms with E-state index in [1.54, 1.807) is 49.6 Å². The van der Waals surface area contributed by atoms with Gasteiger partial charge in [0.05, 0.1) is 4.90 Å². The maximum absolute atomic E-state index is 12.7. The van der Waals surface area contributed by atoms with Gasteiger partial charge in [-0.15, -0.1) is 0 Å². The lowest BCUT2D eigenvalue weighted by Crippen LogP contribution is -2.13. The first-order valence-corrected chi connectivity index (χ1v) is 7.28. The average molecular weight is 272 g/mol. The predicted octanol–water partition coefficient (Wildman–Crippen LogP) is 2.58. The van der Waals surface area contributed by atoms with Gasteiger partial charge < -0.3 is 0 Å². The number of aromatic nitrogens is 2. The van der Waals surface area contributed by atoms with Crippen LogP contribution in [0.5, 0.6) is 0 Å². The Morgan fingerprint density at radius 2 is 1.84 bits per heavy atom. The minimum Gasteiger partial charge on any atom is -0.237 e. The second kappa shape index (κ2) is 4.20. The maximum atomic E-state index is 12.7. The van der Waals surface area contributed by atoms with Crippen molar-refractivity contribution in [1.29, 1.82) is 0 Å². The Labute approximate surface area is 111 Å². The number of benzene rings is 1. The number of pyridine rings is 1. The van der Waals surface area contributed by atoms with E-state index in [4.69, 9.17) is 0 Å². The average Bonchev–Trinajstić information content (AvgIpc) is 2.83. The predicted molar refractivity (Wildman–Crippen MR) is 73.5 cm³/mol. The summed E-state index contributed by atoms with van der Waals surface area (Å²) in [7, 11) is -3.60. The first-order chi connectivity index (χ1) is 9.10. The molecule has 0 saturated carbocycles. The number of nitrogens with zero attached hydrogens (tertiary/aromatic N) is 2. The van der Waals surface area contributed by atoms with E-state index in [0.717, 1.165) is 10.9 Å². The third-order valence-electron chi connectivity index (χ3n) is 3.05. The normalized spacial score (nSPS) is 11.8. The highest BCUT2D eigenvalue weighted by Gasteiger charge is 2.20. The van der Waals surface area contributed by atoms with Gasteiger partial charge in [0.25, 0.3) is 10.0 Å². The van der Waals surface area contributed by atoms with Crippen LogP contribution in [-0.2, 0) is 10.0 Å². The number of hydrogen-bond donors (Lipinski definition) is 0. The van der Waals surface area contributed by atoms with Gasteiger partial charge in [-0.1, -0.05) is 18.2 Å². The van der Waals surface area contributed by atoms with Crippen molar-refractivity contribution in [3.8, 4) is 0 Å². The third-order valence-corrected chi connectivity index (χ3v) is 4.87. The fourth-order valence-electron chi connectivity index (χ4n) is 2.09. The minimum atomic E-state index is -3.60. The molecule has 0 spiro atoms. The van der Waals surface area contributed by atoms with Gasteiger partial charge in [0, 0.05) is 17.8 Å². The van der Waals surface area contributed by atoms with Crippen LogP contribution >= 0.6 is 0 Å². The first kappa shape index (κ1) is 11.9. The fraction of sp³-hybridized carbons (Fsp3) is 0.0714. The molecule has 19 heavy (non-hydrogen) atoms. The molecule has 0 aliphatic heterocycles. The van der Waals surface area contributed by atoms with Gasteiger partial charge in [-0.05, 0) is 36.8 Å². The van der Waals surface area contributed by atoms with Crippen LogP contribution in [0.25, 0.3) is 11.0 Å². The van der Waals surface area contributed by atoms with Gasteiger partial charge >= 0.3 is 0 Å². The van der Waals surface area contributed by atoms with E-state index in [-0.39, 0.29) is 0 Å². The van der Waals surface area contributed by atoms with Gasteiger partial charge in [0.2, 0.25) is 0 Å². The molecule has 4 nitrogen and oxygen atoms in total. The van der Waals surface area contributed by atoms with Crippen LogP contribution in [0, 0.1) is 6.92 Å². The van der Waals surface area contributed by atoms with E-state index >= 15 is 0 Å². The van der Waals surface area contributed by atoms with Gasteiger partial charge in [0.15, 0.2) is 5.65 Å². The van der Waals surface area contributed by atoms with E-state index in [1.165, 1.54) is 3.97 Å². The molecule has 0 fully saturated rings. The zero-order chi connectivity index (χ0) is 13.5. The Morgan fingerprint density at radius 1 is 1.05 bits per heavy atom. The molecule has 0 atom stereocenters. The second-order valence-corrected chi connectivity index (χ2v) is 6.08. The van der Waals surface area contributed by atoms with Gasteiger partial charge in [-0.2, -0.15) is 0 Å². The Kier molecular flexibility index (Phi) is 2.64. The van der Waals surface area contributed by atoms with E-state index in [2.05, 4.69) is 4.98 Å². The highest BCUT2D eigenvalue weighted by Crippen LogP contribution is 2.22. The van der Waals surface area contributed by atoms with Crippen LogP contribution in [0.4, 0.5) is 0 Å². The molecule has 96 valence electrons. The molecule has 3 rings (SSSR count). The van der Waals surface area contributed by atoms with Crippen molar-refractivity contribution >= 4 is 21.1 Å². The van der Waals surface area contributed by atoms with Crippen molar-refractivity contribution in [2.75, 3.05) is 0 Å². The van der Waals surface area contributed by atoms with E-state index in [1.807, 2.05) is 12.1 Å². The molecule has 0 radical (unpaired) electrons. The highest BCUT2D eigenvalue weighted by atomic mass is 32.2. The van der Waals surface area contributed by atoms with Gasteiger partial charge in [-0.25, -0.2) is 17.4 Å². The maximum Gasteiger partial charge on any atom is 0.269 e. The smallest absolute Gasteiger partial charge is 0.237 e. The topological polar surface area (TPSA) is 52.0 Å². The first-order valence-electron chi connectivity index (χ1n) is 5.84. The molecule has 2 aromatic heterocycles. The van der Waals surface area contributed by atoms with Crippen LogP contribution in [-0.4, -0.2) is 17.4 Å². The summed E-state index contributed by atoms with van der Waals surface area (Å²) in [4.78, 5) is 4.45. The molecule has 0 amide bonds. The Balaban J connectivity index is 2.29. The third kappa shape index (κ3) is 1.82. The Bertz CT molecular complexity index is 851. The van der Waals surface area contributed by atoms with Crippen LogP contribution in [0.2, 0.25) is 0 Å². The summed E-state index contributed by atoms with van der Waals surface area (Å²) in [5, 5.41) is 0.805. The van der Waals surface area contributed by atoms with Crippen LogP contribution in [0.3, 0.4) is 0 Å². The van der Waals surface area contributed by atoms with Gasteiger partial charge in [-0.3, -0.25) is 0 Å². The summed E-state index contributed by atoms with van der Waals surface area (Å²) < 4.78 is 26.5. The summed E-state index contributed by atoms with van der Waals surface area (Å²) >= 11 is 0. The molecule has 1 aromatic carbocycles. The van der Waals surface area contributed by atoms with Crippen molar-refractivity contribution in [1.82, 2.24) is 8.96 Å². The number of rotatable bonds is 2. The second-order valence-electron chi connectivity index (χ2n) is 4.30. The quantitative estimate of drug-likeness (QED) is 0.720. The Morgan fingerprint density at radius 3 is 2.63 bits per heavy atom. The molecule has 0 bridgehead atoms. The SMILES string of the molecule is Cc1ccccc1S(=O)(=O)n1ccc2cccnc21. The molecule has 0 N–H and O–H groups in total. The van der Waals surface area contributed by atoms with Crippen LogP contribution < -0.4 is 0 Å². The van der Waals surface area contributed by atoms with E-state index in [0.29, 0.717) is 10.5 Å². The molecular formula is C14H12N2O2S. The number of fused-ring (bicyclic) bond motifs is 1. The molecule has 0 saturated heterocycles. The lowest BCUT2D eigenvalue weighted by Gasteiger charge is -2.09. The highest BCUT2D eigenvalue weighted by molar-refractivity contribution is 7.90. The van der Waals surface area contributed by atoms with Crippen LogP contribution in [0.15, 0.2) is 59.8 Å². The standard InChI is InChI=1S/C14H12N2O2S/c1-11-5-2-3-7-13(11)19(17,18)16-10-8-12-6-4-9-15-14(12)16/h2-10H,1H3. The van der Waals surface area contributed by atoms with Crippen LogP contribution in [0.1, 0.15) is 5.56 Å². The number of aryl methyl sites for hydroxylation is 1. The molecular weight excluding hydrogens is 260 g/mol. The van der Waals surface area contributed by atoms with E-state index in [9.17, 15) is 8.42 Å². The van der Waals surface area contributed by atoms with Crippen molar-refractivity contribution in [2.24, 2.45) is 0 Å². The summed E-state index contributed by atoms with van der Waals surface area (Å²) in [5.74, 6) is 0. The lowest BCUT2D eigenvalue weighted by atomic mass is 10.2. The molecule has 3 aromatic rings. The Hall–Kier alpha value is -2.14. The van der Waals surface area contributed by atoms with E-state index < -0.39 is 10.0 Å². The molecule has 0 unspecified atom stereocenters. The van der Waals surface area contributed by atoms with Crippen molar-refractivity contribution in [3.63, 3.8) is 0 Å².